The Morgan fingerprint density at radius 2 is 2.40 bits per heavy atom. The lowest BCUT2D eigenvalue weighted by Gasteiger charge is -1.93. The number of carbonyl (C=O) groups is 1. The van der Waals surface area contributed by atoms with Crippen LogP contribution in [0.15, 0.2) is 12.3 Å². The molecule has 0 unspecified atom stereocenters. The molecule has 10 heavy (non-hydrogen) atoms. The zero-order valence-electron chi connectivity index (χ0n) is 6.39. The maximum Gasteiger partial charge on any atom is 0.331 e. The lowest BCUT2D eigenvalue weighted by molar-refractivity contribution is -0.134. The Labute approximate surface area is 61.1 Å². The molecule has 0 amide bonds. The smallest absolute Gasteiger partial charge is 0.331 e. The van der Waals surface area contributed by atoms with Crippen molar-refractivity contribution < 1.29 is 9.53 Å². The van der Waals surface area contributed by atoms with Crippen LogP contribution in [0.25, 0.3) is 0 Å². The number of ether oxygens (including phenoxy) is 1. The number of nitrogens with one attached hydrogen (secondary N) is 1. The summed E-state index contributed by atoms with van der Waals surface area (Å²) < 4.78 is 4.36. The van der Waals surface area contributed by atoms with Crippen LogP contribution in [0.3, 0.4) is 0 Å². The Kier molecular flexibility index (Phi) is 5.53. The van der Waals surface area contributed by atoms with Crippen molar-refractivity contribution in [3.8, 4) is 0 Å². The van der Waals surface area contributed by atoms with Crippen LogP contribution in [0.2, 0.25) is 0 Å². The fourth-order valence-electron chi connectivity index (χ4n) is 0.423. The highest BCUT2D eigenvalue weighted by Crippen LogP contribution is 1.75. The second-order valence-electron chi connectivity index (χ2n) is 1.81. The molecule has 0 bridgehead atoms. The number of rotatable bonds is 4. The van der Waals surface area contributed by atoms with E-state index in [2.05, 4.69) is 17.0 Å². The highest BCUT2D eigenvalue weighted by Gasteiger charge is 1.87. The molecular weight excluding hydrogens is 130 g/mol. The van der Waals surface area contributed by atoms with Gasteiger partial charge in [0.2, 0.25) is 0 Å². The molecule has 58 valence electrons. The van der Waals surface area contributed by atoms with Crippen LogP contribution in [0.4, 0.5) is 0 Å². The third kappa shape index (κ3) is 5.15. The summed E-state index contributed by atoms with van der Waals surface area (Å²) in [4.78, 5) is 10.4. The number of methoxy groups -OCH3 is 1. The lowest BCUT2D eigenvalue weighted by Crippen LogP contribution is -2.06. The molecule has 0 fully saturated rings. The molecule has 0 radical (unpaired) electrons. The van der Waals surface area contributed by atoms with E-state index < -0.39 is 0 Å². The van der Waals surface area contributed by atoms with Gasteiger partial charge in [0, 0.05) is 18.8 Å². The van der Waals surface area contributed by atoms with Crippen LogP contribution in [-0.2, 0) is 9.53 Å². The van der Waals surface area contributed by atoms with Crippen LogP contribution in [0.5, 0.6) is 0 Å². The summed E-state index contributed by atoms with van der Waals surface area (Å²) in [5.41, 5.74) is 0. The zero-order chi connectivity index (χ0) is 7.82. The van der Waals surface area contributed by atoms with Crippen molar-refractivity contribution in [1.29, 1.82) is 0 Å². The van der Waals surface area contributed by atoms with Gasteiger partial charge >= 0.3 is 5.97 Å². The first-order valence-corrected chi connectivity index (χ1v) is 3.29. The molecule has 1 N–H and O–H groups in total. The molecule has 0 aliphatic rings. The molecule has 3 heteroatoms. The Bertz CT molecular complexity index is 121. The minimum absolute atomic E-state index is 0.330. The largest absolute Gasteiger partial charge is 0.466 e. The Hall–Kier alpha value is -0.990. The van der Waals surface area contributed by atoms with E-state index in [1.54, 1.807) is 6.20 Å². The van der Waals surface area contributed by atoms with Gasteiger partial charge in [0.05, 0.1) is 7.11 Å². The quantitative estimate of drug-likeness (QED) is 0.357. The fraction of sp³-hybridized carbons (Fsp3) is 0.571. The van der Waals surface area contributed by atoms with E-state index in [0.29, 0.717) is 0 Å². The van der Waals surface area contributed by atoms with E-state index in [4.69, 9.17) is 0 Å². The molecule has 0 spiro atoms. The molecule has 0 aliphatic heterocycles. The molecular formula is C7H13NO2. The third-order valence-electron chi connectivity index (χ3n) is 0.933. The van der Waals surface area contributed by atoms with Gasteiger partial charge in [-0.2, -0.15) is 0 Å². The topological polar surface area (TPSA) is 38.3 Å². The zero-order valence-corrected chi connectivity index (χ0v) is 6.39. The highest BCUT2D eigenvalue weighted by molar-refractivity contribution is 5.81. The molecule has 0 rings (SSSR count). The van der Waals surface area contributed by atoms with Gasteiger partial charge in [-0.25, -0.2) is 4.79 Å². The Balaban J connectivity index is 3.27. The first-order valence-electron chi connectivity index (χ1n) is 3.29. The molecule has 0 aromatic rings. The van der Waals surface area contributed by atoms with Crippen molar-refractivity contribution in [3.63, 3.8) is 0 Å². The minimum atomic E-state index is -0.330. The van der Waals surface area contributed by atoms with Crippen molar-refractivity contribution in [2.75, 3.05) is 13.7 Å². The number of hydrogen-bond acceptors (Lipinski definition) is 3. The summed E-state index contributed by atoms with van der Waals surface area (Å²) in [7, 11) is 1.35. The lowest BCUT2D eigenvalue weighted by atomic mass is 10.5. The number of esters is 1. The van der Waals surface area contributed by atoms with Crippen LogP contribution in [-0.4, -0.2) is 19.6 Å². The fourth-order valence-corrected chi connectivity index (χ4v) is 0.423. The second kappa shape index (κ2) is 6.13. The van der Waals surface area contributed by atoms with Crippen molar-refractivity contribution in [3.05, 3.63) is 12.3 Å². The predicted molar refractivity (Wildman–Crippen MR) is 39.4 cm³/mol. The van der Waals surface area contributed by atoms with Crippen molar-refractivity contribution >= 4 is 5.97 Å². The van der Waals surface area contributed by atoms with E-state index in [1.165, 1.54) is 13.2 Å². The summed E-state index contributed by atoms with van der Waals surface area (Å²) in [5, 5.41) is 2.92. The van der Waals surface area contributed by atoms with Crippen LogP contribution < -0.4 is 5.32 Å². The molecule has 3 nitrogen and oxygen atoms in total. The first kappa shape index (κ1) is 9.01. The van der Waals surface area contributed by atoms with E-state index in [1.807, 2.05) is 0 Å². The van der Waals surface area contributed by atoms with Crippen molar-refractivity contribution in [2.24, 2.45) is 0 Å². The maximum absolute atomic E-state index is 10.4. The molecule has 0 aliphatic carbocycles. The van der Waals surface area contributed by atoms with E-state index >= 15 is 0 Å². The highest BCUT2D eigenvalue weighted by atomic mass is 16.5. The van der Waals surface area contributed by atoms with Gasteiger partial charge < -0.3 is 10.1 Å². The standard InChI is InChI=1S/C7H13NO2/c1-3-5-8-6-4-7(9)10-2/h4,6,8H,3,5H2,1-2H3/b6-4+. The average molecular weight is 143 g/mol. The number of hydrogen-bond donors (Lipinski definition) is 1. The van der Waals surface area contributed by atoms with Crippen molar-refractivity contribution in [2.45, 2.75) is 13.3 Å². The normalized spacial score (nSPS) is 9.80. The monoisotopic (exact) mass is 143 g/mol. The van der Waals surface area contributed by atoms with Gasteiger partial charge in [0.15, 0.2) is 0 Å². The SMILES string of the molecule is CCCN/C=C/C(=O)OC. The molecule has 0 aromatic heterocycles. The maximum atomic E-state index is 10.4. The molecule has 0 aromatic carbocycles. The summed E-state index contributed by atoms with van der Waals surface area (Å²) in [5.74, 6) is -0.330. The number of carbonyl (C=O) groups excluding carboxylic acids is 1. The minimum Gasteiger partial charge on any atom is -0.466 e. The van der Waals surface area contributed by atoms with Gasteiger partial charge in [-0.1, -0.05) is 6.92 Å². The Morgan fingerprint density at radius 1 is 1.70 bits per heavy atom. The van der Waals surface area contributed by atoms with Gasteiger partial charge in [-0.05, 0) is 6.42 Å². The molecule has 0 saturated carbocycles. The molecule has 0 atom stereocenters. The Morgan fingerprint density at radius 3 is 2.90 bits per heavy atom. The first-order chi connectivity index (χ1) is 4.81. The van der Waals surface area contributed by atoms with E-state index in [9.17, 15) is 4.79 Å². The van der Waals surface area contributed by atoms with Gasteiger partial charge in [-0.3, -0.25) is 0 Å². The van der Waals surface area contributed by atoms with Crippen molar-refractivity contribution in [1.82, 2.24) is 5.32 Å². The molecule has 0 saturated heterocycles. The van der Waals surface area contributed by atoms with Gasteiger partial charge in [0.25, 0.3) is 0 Å². The summed E-state index contributed by atoms with van der Waals surface area (Å²) in [6, 6.07) is 0. The van der Waals surface area contributed by atoms with Gasteiger partial charge in [0.1, 0.15) is 0 Å². The second-order valence-corrected chi connectivity index (χ2v) is 1.81. The third-order valence-corrected chi connectivity index (χ3v) is 0.933. The van der Waals surface area contributed by atoms with E-state index in [0.717, 1.165) is 13.0 Å². The average Bonchev–Trinajstić information content (AvgIpc) is 1.98. The van der Waals surface area contributed by atoms with E-state index in [-0.39, 0.29) is 5.97 Å². The van der Waals surface area contributed by atoms with Crippen LogP contribution in [0, 0.1) is 0 Å². The van der Waals surface area contributed by atoms with Crippen LogP contribution >= 0.6 is 0 Å². The summed E-state index contributed by atoms with van der Waals surface area (Å²) in [6.07, 6.45) is 4.00. The van der Waals surface area contributed by atoms with Crippen LogP contribution in [0.1, 0.15) is 13.3 Å². The van der Waals surface area contributed by atoms with Gasteiger partial charge in [-0.15, -0.1) is 0 Å². The summed E-state index contributed by atoms with van der Waals surface area (Å²) >= 11 is 0. The predicted octanol–water partition coefficient (Wildman–Crippen LogP) is 0.673. The summed E-state index contributed by atoms with van der Waals surface area (Å²) in [6.45, 7) is 2.94. The molecule has 0 heterocycles.